The third-order valence-electron chi connectivity index (χ3n) is 2.21. The maximum atomic E-state index is 11.2. The third-order valence-corrected chi connectivity index (χ3v) is 3.38. The molecule has 2 aliphatic heterocycles. The van der Waals surface area contributed by atoms with Gasteiger partial charge in [0.05, 0.1) is 12.9 Å². The highest BCUT2D eigenvalue weighted by Gasteiger charge is 2.53. The Morgan fingerprint density at radius 2 is 2.27 bits per heavy atom. The molecule has 80 valence electrons. The number of carboxylic acids is 1. The molecule has 0 unspecified atom stereocenters. The molecule has 2 aliphatic rings. The van der Waals surface area contributed by atoms with Crippen LogP contribution in [0, 0.1) is 0 Å². The number of methoxy groups -OCH3 is 1. The summed E-state index contributed by atoms with van der Waals surface area (Å²) in [5, 5.41) is 8.24. The molecule has 0 aromatic rings. The van der Waals surface area contributed by atoms with Crippen LogP contribution in [0.25, 0.3) is 0 Å². The minimum atomic E-state index is -1.25. The van der Waals surface area contributed by atoms with Gasteiger partial charge in [-0.1, -0.05) is 0 Å². The number of carbonyl (C=O) groups excluding carboxylic acids is 2. The van der Waals surface area contributed by atoms with E-state index in [1.54, 1.807) is 0 Å². The fraction of sp³-hybridized carbons (Fsp3) is 0.375. The van der Waals surface area contributed by atoms with Crippen molar-refractivity contribution in [2.75, 3.05) is 12.9 Å². The zero-order valence-corrected chi connectivity index (χ0v) is 8.54. The molecule has 0 saturated carbocycles. The molecule has 15 heavy (non-hydrogen) atoms. The number of fused-ring (bicyclic) bond motifs is 1. The molecule has 0 aliphatic carbocycles. The van der Waals surface area contributed by atoms with E-state index in [2.05, 4.69) is 0 Å². The van der Waals surface area contributed by atoms with Crippen LogP contribution in [0.15, 0.2) is 11.5 Å². The van der Waals surface area contributed by atoms with Crippen molar-refractivity contribution in [2.45, 2.75) is 5.37 Å². The van der Waals surface area contributed by atoms with Crippen LogP contribution in [0.4, 0.5) is 0 Å². The molecule has 7 heteroatoms. The number of β-lactam (4-membered cyclic amide) rings is 1. The summed E-state index contributed by atoms with van der Waals surface area (Å²) in [4.78, 5) is 34.2. The maximum absolute atomic E-state index is 11.2. The second-order valence-electron chi connectivity index (χ2n) is 2.98. The molecule has 1 amide bonds. The molecule has 0 bridgehead atoms. The Balaban J connectivity index is 2.42. The Morgan fingerprint density at radius 3 is 2.80 bits per heavy atom. The maximum Gasteiger partial charge on any atom is 0.356 e. The molecule has 0 aromatic carbocycles. The number of aliphatic carboxylic acids is 1. The summed E-state index contributed by atoms with van der Waals surface area (Å²) in [6, 6.07) is 0. The average molecular weight is 229 g/mol. The highest BCUT2D eigenvalue weighted by molar-refractivity contribution is 8.01. The number of hydrogen-bond donors (Lipinski definition) is 1. The molecule has 0 radical (unpaired) electrons. The SMILES string of the molecule is COC1=C(C(=O)O)N2C(=O)C(=O)[C@@H]2SC1. The molecule has 1 N–H and O–H groups in total. The number of thioether (sulfide) groups is 1. The van der Waals surface area contributed by atoms with Crippen LogP contribution < -0.4 is 0 Å². The van der Waals surface area contributed by atoms with Crippen LogP contribution in [0.1, 0.15) is 0 Å². The van der Waals surface area contributed by atoms with Crippen LogP contribution >= 0.6 is 11.8 Å². The van der Waals surface area contributed by atoms with Gasteiger partial charge in [-0.2, -0.15) is 0 Å². The molecule has 0 spiro atoms. The Morgan fingerprint density at radius 1 is 1.60 bits per heavy atom. The predicted octanol–water partition coefficient (Wildman–Crippen LogP) is -0.587. The lowest BCUT2D eigenvalue weighted by Gasteiger charge is -2.41. The Hall–Kier alpha value is -1.50. The van der Waals surface area contributed by atoms with Crippen molar-refractivity contribution >= 4 is 29.4 Å². The first-order chi connectivity index (χ1) is 7.07. The van der Waals surface area contributed by atoms with Crippen molar-refractivity contribution in [1.29, 1.82) is 0 Å². The van der Waals surface area contributed by atoms with Gasteiger partial charge < -0.3 is 9.84 Å². The summed E-state index contributed by atoms with van der Waals surface area (Å²) in [6.07, 6.45) is 0. The zero-order valence-electron chi connectivity index (χ0n) is 7.72. The van der Waals surface area contributed by atoms with Gasteiger partial charge in [0.25, 0.3) is 11.7 Å². The van der Waals surface area contributed by atoms with E-state index in [0.29, 0.717) is 5.75 Å². The molecule has 1 saturated heterocycles. The summed E-state index contributed by atoms with van der Waals surface area (Å²) in [5.74, 6) is -2.08. The lowest BCUT2D eigenvalue weighted by molar-refractivity contribution is -0.157. The van der Waals surface area contributed by atoms with Gasteiger partial charge in [-0.25, -0.2) is 4.79 Å². The molecule has 1 atom stereocenters. The summed E-state index contributed by atoms with van der Waals surface area (Å²) >= 11 is 1.19. The fourth-order valence-electron chi connectivity index (χ4n) is 1.49. The number of carbonyl (C=O) groups is 3. The molecule has 2 rings (SSSR count). The number of hydrogen-bond acceptors (Lipinski definition) is 5. The van der Waals surface area contributed by atoms with E-state index < -0.39 is 23.0 Å². The standard InChI is InChI=1S/C8H7NO5S/c1-14-3-2-15-7-5(10)6(11)9(7)4(3)8(12)13/h7H,2H2,1H3,(H,12,13)/t7-/m0/s1. The van der Waals surface area contributed by atoms with Gasteiger partial charge in [-0.3, -0.25) is 14.5 Å². The van der Waals surface area contributed by atoms with Gasteiger partial charge in [0, 0.05) is 0 Å². The normalized spacial score (nSPS) is 24.9. The second kappa shape index (κ2) is 3.27. The average Bonchev–Trinajstić information content (AvgIpc) is 2.25. The number of nitrogens with zero attached hydrogens (tertiary/aromatic N) is 1. The van der Waals surface area contributed by atoms with Gasteiger partial charge in [0.2, 0.25) is 0 Å². The molecule has 6 nitrogen and oxygen atoms in total. The molecule has 0 aromatic heterocycles. The largest absolute Gasteiger partial charge is 0.498 e. The highest BCUT2D eigenvalue weighted by atomic mass is 32.2. The van der Waals surface area contributed by atoms with Crippen LogP contribution in [0.3, 0.4) is 0 Å². The quantitative estimate of drug-likeness (QED) is 0.503. The van der Waals surface area contributed by atoms with E-state index in [-0.39, 0.29) is 11.5 Å². The third kappa shape index (κ3) is 1.23. The number of amides is 1. The second-order valence-corrected chi connectivity index (χ2v) is 4.05. The fourth-order valence-corrected chi connectivity index (χ4v) is 2.65. The van der Waals surface area contributed by atoms with E-state index in [4.69, 9.17) is 9.84 Å². The van der Waals surface area contributed by atoms with Gasteiger partial charge in [0.15, 0.2) is 11.1 Å². The minimum absolute atomic E-state index is 0.213. The predicted molar refractivity (Wildman–Crippen MR) is 49.8 cm³/mol. The van der Waals surface area contributed by atoms with Crippen LogP contribution in [-0.2, 0) is 19.1 Å². The lowest BCUT2D eigenvalue weighted by atomic mass is 10.1. The van der Waals surface area contributed by atoms with Gasteiger partial charge in [-0.15, -0.1) is 11.8 Å². The van der Waals surface area contributed by atoms with Crippen molar-refractivity contribution in [3.05, 3.63) is 11.5 Å². The summed E-state index contributed by atoms with van der Waals surface area (Å²) in [7, 11) is 1.34. The van der Waals surface area contributed by atoms with Crippen LogP contribution in [-0.4, -0.2) is 45.9 Å². The number of rotatable bonds is 2. The van der Waals surface area contributed by atoms with Crippen molar-refractivity contribution < 1.29 is 24.2 Å². The summed E-state index contributed by atoms with van der Waals surface area (Å²) in [6.45, 7) is 0. The van der Waals surface area contributed by atoms with E-state index in [1.165, 1.54) is 18.9 Å². The Bertz CT molecular complexity index is 402. The van der Waals surface area contributed by atoms with E-state index in [9.17, 15) is 14.4 Å². The lowest BCUT2D eigenvalue weighted by Crippen LogP contribution is -2.62. The van der Waals surface area contributed by atoms with Crippen molar-refractivity contribution in [3.63, 3.8) is 0 Å². The van der Waals surface area contributed by atoms with Crippen molar-refractivity contribution in [3.8, 4) is 0 Å². The van der Waals surface area contributed by atoms with Gasteiger partial charge in [-0.05, 0) is 0 Å². The molecule has 1 fully saturated rings. The van der Waals surface area contributed by atoms with E-state index in [1.807, 2.05) is 0 Å². The number of ketones is 1. The molecular weight excluding hydrogens is 222 g/mol. The number of carboxylic acid groups (broad SMARTS) is 1. The summed E-state index contributed by atoms with van der Waals surface area (Å²) < 4.78 is 4.87. The van der Waals surface area contributed by atoms with E-state index >= 15 is 0 Å². The molecular formula is C8H7NO5S. The Kier molecular flexibility index (Phi) is 2.18. The number of Topliss-reactive ketones (excluding diaryl/α,β-unsaturated/α-hetero) is 1. The smallest absolute Gasteiger partial charge is 0.356 e. The first-order valence-corrected chi connectivity index (χ1v) is 5.12. The topological polar surface area (TPSA) is 83.9 Å². The monoisotopic (exact) mass is 229 g/mol. The molecule has 2 heterocycles. The minimum Gasteiger partial charge on any atom is -0.498 e. The van der Waals surface area contributed by atoms with Crippen LogP contribution in [0.2, 0.25) is 0 Å². The van der Waals surface area contributed by atoms with E-state index in [0.717, 1.165) is 4.90 Å². The highest BCUT2D eigenvalue weighted by Crippen LogP contribution is 2.37. The first-order valence-electron chi connectivity index (χ1n) is 4.07. The van der Waals surface area contributed by atoms with Gasteiger partial charge in [0.1, 0.15) is 5.76 Å². The van der Waals surface area contributed by atoms with Crippen molar-refractivity contribution in [1.82, 2.24) is 4.90 Å². The van der Waals surface area contributed by atoms with Crippen LogP contribution in [0.5, 0.6) is 0 Å². The first kappa shape index (κ1) is 10.0. The number of ether oxygens (including phenoxy) is 1. The van der Waals surface area contributed by atoms with Gasteiger partial charge >= 0.3 is 5.97 Å². The Labute approximate surface area is 88.9 Å². The van der Waals surface area contributed by atoms with Crippen molar-refractivity contribution in [2.24, 2.45) is 0 Å². The zero-order chi connectivity index (χ0) is 11.2. The summed E-state index contributed by atoms with van der Waals surface area (Å²) in [5.41, 5.74) is -0.217.